The van der Waals surface area contributed by atoms with Gasteiger partial charge in [0.1, 0.15) is 5.82 Å². The number of imidazole rings is 1. The largest absolute Gasteiger partial charge is 0.493 e. The van der Waals surface area contributed by atoms with Gasteiger partial charge in [0.15, 0.2) is 11.5 Å². The molecule has 0 spiro atoms. The van der Waals surface area contributed by atoms with Gasteiger partial charge in [-0.3, -0.25) is 0 Å². The molecule has 0 aliphatic heterocycles. The highest BCUT2D eigenvalue weighted by molar-refractivity contribution is 5.48. The number of benzene rings is 1. The molecule has 2 rings (SSSR count). The summed E-state index contributed by atoms with van der Waals surface area (Å²) in [6, 6.07) is 3.92. The molecule has 0 atom stereocenters. The molecule has 1 aromatic heterocycles. The van der Waals surface area contributed by atoms with Crippen LogP contribution in [0.3, 0.4) is 0 Å². The van der Waals surface area contributed by atoms with Gasteiger partial charge in [-0.05, 0) is 30.2 Å². The van der Waals surface area contributed by atoms with Gasteiger partial charge in [-0.2, -0.15) is 0 Å². The molecule has 1 aromatic carbocycles. The van der Waals surface area contributed by atoms with Crippen molar-refractivity contribution in [3.63, 3.8) is 0 Å². The summed E-state index contributed by atoms with van der Waals surface area (Å²) in [6.07, 6.45) is 4.54. The van der Waals surface area contributed by atoms with Gasteiger partial charge in [0.2, 0.25) is 0 Å². The van der Waals surface area contributed by atoms with Crippen LogP contribution >= 0.6 is 0 Å². The molecule has 1 heterocycles. The number of ether oxygens (including phenoxy) is 2. The van der Waals surface area contributed by atoms with Gasteiger partial charge in [-0.25, -0.2) is 4.98 Å². The van der Waals surface area contributed by atoms with Gasteiger partial charge in [0.05, 0.1) is 14.2 Å². The minimum atomic E-state index is 0.461. The van der Waals surface area contributed by atoms with E-state index in [1.54, 1.807) is 14.2 Å². The van der Waals surface area contributed by atoms with Crippen molar-refractivity contribution in [2.75, 3.05) is 14.2 Å². The van der Waals surface area contributed by atoms with E-state index >= 15 is 0 Å². The summed E-state index contributed by atoms with van der Waals surface area (Å²) in [7, 11) is 3.26. The Balaban J connectivity index is 2.39. The average molecular weight is 275 g/mol. The number of nitrogens with zero attached hydrogens (tertiary/aromatic N) is 2. The Hall–Kier alpha value is -2.01. The topological polar surface area (TPSA) is 62.3 Å². The van der Waals surface area contributed by atoms with Crippen molar-refractivity contribution in [2.45, 2.75) is 26.4 Å². The van der Waals surface area contributed by atoms with Gasteiger partial charge >= 0.3 is 0 Å². The van der Waals surface area contributed by atoms with Crippen LogP contribution < -0.4 is 15.2 Å². The first-order valence-corrected chi connectivity index (χ1v) is 6.67. The van der Waals surface area contributed by atoms with Crippen molar-refractivity contribution in [2.24, 2.45) is 5.73 Å². The van der Waals surface area contributed by atoms with Crippen molar-refractivity contribution in [3.05, 3.63) is 41.5 Å². The number of rotatable bonds is 6. The Morgan fingerprint density at radius 1 is 1.15 bits per heavy atom. The molecule has 5 nitrogen and oxygen atoms in total. The zero-order valence-electron chi connectivity index (χ0n) is 12.2. The van der Waals surface area contributed by atoms with E-state index in [4.69, 9.17) is 15.2 Å². The van der Waals surface area contributed by atoms with Gasteiger partial charge in [0, 0.05) is 31.9 Å². The quantitative estimate of drug-likeness (QED) is 0.875. The second kappa shape index (κ2) is 6.43. The predicted octanol–water partition coefficient (Wildman–Crippen LogP) is 1.97. The first-order chi connectivity index (χ1) is 9.73. The van der Waals surface area contributed by atoms with E-state index in [0.717, 1.165) is 29.9 Å². The van der Waals surface area contributed by atoms with Crippen molar-refractivity contribution >= 4 is 0 Å². The lowest BCUT2D eigenvalue weighted by Crippen LogP contribution is -2.07. The molecule has 0 radical (unpaired) electrons. The van der Waals surface area contributed by atoms with Crippen LogP contribution in [0.15, 0.2) is 24.5 Å². The summed E-state index contributed by atoms with van der Waals surface area (Å²) in [5.41, 5.74) is 8.01. The Bertz CT molecular complexity index is 578. The Labute approximate surface area is 119 Å². The van der Waals surface area contributed by atoms with Crippen LogP contribution in [0.4, 0.5) is 0 Å². The van der Waals surface area contributed by atoms with Crippen LogP contribution in [-0.2, 0) is 19.5 Å². The first-order valence-electron chi connectivity index (χ1n) is 6.67. The summed E-state index contributed by atoms with van der Waals surface area (Å²) >= 11 is 0. The highest BCUT2D eigenvalue weighted by atomic mass is 16.5. The SMILES string of the molecule is CCn1ccnc1Cc1cc(OC)c(OC)cc1CN. The Kier molecular flexibility index (Phi) is 4.63. The maximum Gasteiger partial charge on any atom is 0.161 e. The van der Waals surface area contributed by atoms with Crippen LogP contribution in [0, 0.1) is 0 Å². The highest BCUT2D eigenvalue weighted by Gasteiger charge is 2.12. The van der Waals surface area contributed by atoms with Crippen LogP contribution in [0.25, 0.3) is 0 Å². The number of aryl methyl sites for hydroxylation is 1. The van der Waals surface area contributed by atoms with E-state index in [0.29, 0.717) is 18.0 Å². The molecule has 0 fully saturated rings. The fourth-order valence-electron chi connectivity index (χ4n) is 2.28. The molecular weight excluding hydrogens is 254 g/mol. The second-order valence-corrected chi connectivity index (χ2v) is 4.49. The summed E-state index contributed by atoms with van der Waals surface area (Å²) in [5.74, 6) is 2.44. The molecule has 0 amide bonds. The minimum absolute atomic E-state index is 0.461. The maximum absolute atomic E-state index is 5.84. The Morgan fingerprint density at radius 2 is 1.80 bits per heavy atom. The van der Waals surface area contributed by atoms with Gasteiger partial charge in [-0.1, -0.05) is 0 Å². The van der Waals surface area contributed by atoms with Gasteiger partial charge < -0.3 is 19.8 Å². The van der Waals surface area contributed by atoms with Crippen molar-refractivity contribution in [1.29, 1.82) is 0 Å². The molecular formula is C15H21N3O2. The first kappa shape index (κ1) is 14.4. The number of nitrogens with two attached hydrogens (primary N) is 1. The van der Waals surface area contributed by atoms with E-state index < -0.39 is 0 Å². The molecule has 5 heteroatoms. The predicted molar refractivity (Wildman–Crippen MR) is 78.1 cm³/mol. The standard InChI is InChI=1S/C15H21N3O2/c1-4-18-6-5-17-15(18)9-11-7-13(19-2)14(20-3)8-12(11)10-16/h5-8H,4,9-10,16H2,1-3H3. The monoisotopic (exact) mass is 275 g/mol. The van der Waals surface area contributed by atoms with Crippen molar-refractivity contribution in [3.8, 4) is 11.5 Å². The summed E-state index contributed by atoms with van der Waals surface area (Å²) < 4.78 is 12.8. The fourth-order valence-corrected chi connectivity index (χ4v) is 2.28. The maximum atomic E-state index is 5.84. The molecule has 0 saturated carbocycles. The van der Waals surface area contributed by atoms with E-state index in [-0.39, 0.29) is 0 Å². The van der Waals surface area contributed by atoms with Crippen LogP contribution in [0.1, 0.15) is 23.9 Å². The Morgan fingerprint density at radius 3 is 2.35 bits per heavy atom. The highest BCUT2D eigenvalue weighted by Crippen LogP contribution is 2.31. The minimum Gasteiger partial charge on any atom is -0.493 e. The van der Waals surface area contributed by atoms with E-state index in [1.165, 1.54) is 0 Å². The average Bonchev–Trinajstić information content (AvgIpc) is 2.93. The third-order valence-electron chi connectivity index (χ3n) is 3.42. The van der Waals surface area contributed by atoms with Gasteiger partial charge in [0.25, 0.3) is 0 Å². The molecule has 0 aliphatic rings. The zero-order chi connectivity index (χ0) is 14.5. The molecule has 0 aliphatic carbocycles. The molecule has 20 heavy (non-hydrogen) atoms. The lowest BCUT2D eigenvalue weighted by Gasteiger charge is -2.14. The number of aromatic nitrogens is 2. The smallest absolute Gasteiger partial charge is 0.161 e. The zero-order valence-corrected chi connectivity index (χ0v) is 12.2. The lowest BCUT2D eigenvalue weighted by molar-refractivity contribution is 0.354. The van der Waals surface area contributed by atoms with Crippen molar-refractivity contribution < 1.29 is 9.47 Å². The van der Waals surface area contributed by atoms with Gasteiger partial charge in [-0.15, -0.1) is 0 Å². The summed E-state index contributed by atoms with van der Waals surface area (Å²) in [5, 5.41) is 0. The van der Waals surface area contributed by atoms with Crippen LogP contribution in [-0.4, -0.2) is 23.8 Å². The van der Waals surface area contributed by atoms with E-state index in [9.17, 15) is 0 Å². The van der Waals surface area contributed by atoms with E-state index in [2.05, 4.69) is 16.5 Å². The normalized spacial score (nSPS) is 10.6. The third kappa shape index (κ3) is 2.77. The lowest BCUT2D eigenvalue weighted by atomic mass is 10.0. The molecule has 2 N–H and O–H groups in total. The third-order valence-corrected chi connectivity index (χ3v) is 3.42. The number of methoxy groups -OCH3 is 2. The molecule has 0 saturated heterocycles. The van der Waals surface area contributed by atoms with Crippen molar-refractivity contribution in [1.82, 2.24) is 9.55 Å². The number of hydrogen-bond donors (Lipinski definition) is 1. The summed E-state index contributed by atoms with van der Waals surface area (Å²) in [4.78, 5) is 4.41. The number of hydrogen-bond acceptors (Lipinski definition) is 4. The molecule has 0 bridgehead atoms. The summed E-state index contributed by atoms with van der Waals surface area (Å²) in [6.45, 7) is 3.47. The van der Waals surface area contributed by atoms with Crippen LogP contribution in [0.5, 0.6) is 11.5 Å². The molecule has 2 aromatic rings. The molecule has 0 unspecified atom stereocenters. The molecule has 108 valence electrons. The van der Waals surface area contributed by atoms with E-state index in [1.807, 2.05) is 24.5 Å². The second-order valence-electron chi connectivity index (χ2n) is 4.49. The fraction of sp³-hybridized carbons (Fsp3) is 0.400. The van der Waals surface area contributed by atoms with Crippen LogP contribution in [0.2, 0.25) is 0 Å².